The summed E-state index contributed by atoms with van der Waals surface area (Å²) in [4.78, 5) is 23.2. The molecule has 1 heterocycles. The lowest BCUT2D eigenvalue weighted by Gasteiger charge is -2.22. The second-order valence-electron chi connectivity index (χ2n) is 5.68. The molecule has 1 saturated heterocycles. The number of amides is 2. The van der Waals surface area contributed by atoms with Gasteiger partial charge >= 0.3 is 0 Å². The number of carbonyl (C=O) groups excluding carboxylic acids is 2. The molecule has 6 nitrogen and oxygen atoms in total. The van der Waals surface area contributed by atoms with Crippen molar-refractivity contribution in [1.29, 1.82) is 0 Å². The fourth-order valence-corrected chi connectivity index (χ4v) is 2.10. The van der Waals surface area contributed by atoms with Crippen LogP contribution in [-0.2, 0) is 14.3 Å². The van der Waals surface area contributed by atoms with Crippen LogP contribution < -0.4 is 16.4 Å². The molecule has 0 aliphatic carbocycles. The van der Waals surface area contributed by atoms with E-state index in [0.29, 0.717) is 12.5 Å². The Morgan fingerprint density at radius 2 is 1.86 bits per heavy atom. The molecule has 0 saturated carbocycles. The molecule has 0 bridgehead atoms. The molecule has 1 aliphatic heterocycles. The van der Waals surface area contributed by atoms with Gasteiger partial charge < -0.3 is 21.1 Å². The Bertz CT molecular complexity index is 321. The summed E-state index contributed by atoms with van der Waals surface area (Å²) in [5.74, 6) is 0.250. The second kappa shape index (κ2) is 10.8. The zero-order valence-corrected chi connectivity index (χ0v) is 13.7. The summed E-state index contributed by atoms with van der Waals surface area (Å²) in [6.07, 6.45) is 3.10. The van der Waals surface area contributed by atoms with Gasteiger partial charge in [0.2, 0.25) is 11.8 Å². The maximum Gasteiger partial charge on any atom is 0.239 e. The minimum Gasteiger partial charge on any atom is -0.381 e. The molecule has 1 atom stereocenters. The van der Waals surface area contributed by atoms with Gasteiger partial charge in [-0.05, 0) is 31.1 Å². The van der Waals surface area contributed by atoms with E-state index < -0.39 is 6.04 Å². The third-order valence-electron chi connectivity index (χ3n) is 3.66. The van der Waals surface area contributed by atoms with Gasteiger partial charge in [-0.3, -0.25) is 9.59 Å². The molecule has 0 aromatic carbocycles. The molecule has 21 heavy (non-hydrogen) atoms. The van der Waals surface area contributed by atoms with Crippen molar-refractivity contribution in [2.45, 2.75) is 39.2 Å². The van der Waals surface area contributed by atoms with Crippen molar-refractivity contribution in [3.63, 3.8) is 0 Å². The molecular weight excluding hydrogens is 294 g/mol. The van der Waals surface area contributed by atoms with Gasteiger partial charge in [-0.2, -0.15) is 0 Å². The summed E-state index contributed by atoms with van der Waals surface area (Å²) in [6.45, 7) is 6.03. The molecule has 7 heteroatoms. The minimum atomic E-state index is -0.565. The van der Waals surface area contributed by atoms with Gasteiger partial charge in [0.05, 0.1) is 12.6 Å². The van der Waals surface area contributed by atoms with Crippen LogP contribution in [0.15, 0.2) is 0 Å². The van der Waals surface area contributed by atoms with Crippen LogP contribution in [0.5, 0.6) is 0 Å². The molecule has 124 valence electrons. The minimum absolute atomic E-state index is 0. The first-order chi connectivity index (χ1) is 9.50. The van der Waals surface area contributed by atoms with Gasteiger partial charge in [0, 0.05) is 19.8 Å². The van der Waals surface area contributed by atoms with Gasteiger partial charge in [0.25, 0.3) is 0 Å². The van der Waals surface area contributed by atoms with Crippen LogP contribution in [0.1, 0.15) is 33.1 Å². The summed E-state index contributed by atoms with van der Waals surface area (Å²) < 4.78 is 5.29. The van der Waals surface area contributed by atoms with E-state index in [4.69, 9.17) is 10.5 Å². The van der Waals surface area contributed by atoms with Crippen LogP contribution in [-0.4, -0.2) is 44.2 Å². The third-order valence-corrected chi connectivity index (χ3v) is 3.66. The molecule has 1 fully saturated rings. The van der Waals surface area contributed by atoms with Crippen LogP contribution >= 0.6 is 12.4 Å². The number of carbonyl (C=O) groups is 2. The number of hydrogen-bond acceptors (Lipinski definition) is 4. The lowest BCUT2D eigenvalue weighted by molar-refractivity contribution is -0.127. The summed E-state index contributed by atoms with van der Waals surface area (Å²) in [6, 6.07) is -0.565. The van der Waals surface area contributed by atoms with Gasteiger partial charge in [0.1, 0.15) is 0 Å². The fraction of sp³-hybridized carbons (Fsp3) is 0.857. The number of halogens is 1. The molecule has 0 aromatic rings. The van der Waals surface area contributed by atoms with Crippen molar-refractivity contribution in [1.82, 2.24) is 10.6 Å². The Morgan fingerprint density at radius 1 is 1.24 bits per heavy atom. The predicted octanol–water partition coefficient (Wildman–Crippen LogP) is 0.441. The van der Waals surface area contributed by atoms with E-state index in [1.807, 2.05) is 13.8 Å². The highest BCUT2D eigenvalue weighted by atomic mass is 35.5. The standard InChI is InChI=1S/C14H27N3O3.ClH/c1-10(2)13(15)14(19)17-9-12(18)16-6-3-11-4-7-20-8-5-11;/h10-11,13H,3-9,15H2,1-2H3,(H,16,18)(H,17,19);1H/t13-;/m0./s1. The summed E-state index contributed by atoms with van der Waals surface area (Å²) in [7, 11) is 0. The maximum atomic E-state index is 11.6. The lowest BCUT2D eigenvalue weighted by Crippen LogP contribution is -2.47. The molecule has 1 aliphatic rings. The van der Waals surface area contributed by atoms with E-state index in [9.17, 15) is 9.59 Å². The van der Waals surface area contributed by atoms with Crippen LogP contribution in [0.3, 0.4) is 0 Å². The number of hydrogen-bond donors (Lipinski definition) is 3. The Labute approximate surface area is 133 Å². The Kier molecular flexibility index (Phi) is 10.4. The lowest BCUT2D eigenvalue weighted by atomic mass is 9.97. The Morgan fingerprint density at radius 3 is 2.43 bits per heavy atom. The monoisotopic (exact) mass is 321 g/mol. The Balaban J connectivity index is 0.00000400. The van der Waals surface area contributed by atoms with Crippen LogP contribution in [0, 0.1) is 11.8 Å². The largest absolute Gasteiger partial charge is 0.381 e. The summed E-state index contributed by atoms with van der Waals surface area (Å²) >= 11 is 0. The first-order valence-corrected chi connectivity index (χ1v) is 7.38. The SMILES string of the molecule is CC(C)[C@H](N)C(=O)NCC(=O)NCCC1CCOCC1.Cl. The van der Waals surface area contributed by atoms with Crippen molar-refractivity contribution >= 4 is 24.2 Å². The zero-order chi connectivity index (χ0) is 15.0. The fourth-order valence-electron chi connectivity index (χ4n) is 2.10. The molecule has 0 radical (unpaired) electrons. The van der Waals surface area contributed by atoms with E-state index in [0.717, 1.165) is 32.5 Å². The van der Waals surface area contributed by atoms with Crippen LogP contribution in [0.4, 0.5) is 0 Å². The Hall–Kier alpha value is -0.850. The normalized spacial score (nSPS) is 17.0. The number of nitrogens with two attached hydrogens (primary N) is 1. The first kappa shape index (κ1) is 20.1. The molecular formula is C14H28ClN3O3. The molecule has 0 aromatic heterocycles. The number of ether oxygens (including phenoxy) is 1. The van der Waals surface area contributed by atoms with Crippen molar-refractivity contribution in [2.24, 2.45) is 17.6 Å². The average molecular weight is 322 g/mol. The average Bonchev–Trinajstić information content (AvgIpc) is 2.45. The highest BCUT2D eigenvalue weighted by Crippen LogP contribution is 2.17. The van der Waals surface area contributed by atoms with Crippen molar-refractivity contribution < 1.29 is 14.3 Å². The van der Waals surface area contributed by atoms with E-state index >= 15 is 0 Å². The summed E-state index contributed by atoms with van der Waals surface area (Å²) in [5, 5.41) is 5.37. The highest BCUT2D eigenvalue weighted by Gasteiger charge is 2.18. The van der Waals surface area contributed by atoms with Crippen molar-refractivity contribution in [2.75, 3.05) is 26.3 Å². The highest BCUT2D eigenvalue weighted by molar-refractivity contribution is 5.87. The summed E-state index contributed by atoms with van der Waals surface area (Å²) in [5.41, 5.74) is 5.69. The van der Waals surface area contributed by atoms with Crippen LogP contribution in [0.2, 0.25) is 0 Å². The van der Waals surface area contributed by atoms with Gasteiger partial charge in [-0.1, -0.05) is 13.8 Å². The molecule has 0 spiro atoms. The predicted molar refractivity (Wildman–Crippen MR) is 84.2 cm³/mol. The number of rotatable bonds is 7. The quantitative estimate of drug-likeness (QED) is 0.634. The van der Waals surface area contributed by atoms with Crippen LogP contribution in [0.25, 0.3) is 0 Å². The maximum absolute atomic E-state index is 11.6. The molecule has 2 amide bonds. The van der Waals surface area contributed by atoms with E-state index in [-0.39, 0.29) is 36.7 Å². The first-order valence-electron chi connectivity index (χ1n) is 7.38. The topological polar surface area (TPSA) is 93.5 Å². The van der Waals surface area contributed by atoms with E-state index in [2.05, 4.69) is 10.6 Å². The van der Waals surface area contributed by atoms with Gasteiger partial charge in [0.15, 0.2) is 0 Å². The third kappa shape index (κ3) is 8.24. The van der Waals surface area contributed by atoms with Crippen molar-refractivity contribution in [3.05, 3.63) is 0 Å². The zero-order valence-electron chi connectivity index (χ0n) is 12.9. The number of nitrogens with one attached hydrogen (secondary N) is 2. The van der Waals surface area contributed by atoms with E-state index in [1.54, 1.807) is 0 Å². The van der Waals surface area contributed by atoms with Gasteiger partial charge in [-0.15, -0.1) is 12.4 Å². The molecule has 0 unspecified atom stereocenters. The smallest absolute Gasteiger partial charge is 0.239 e. The van der Waals surface area contributed by atoms with Gasteiger partial charge in [-0.25, -0.2) is 0 Å². The van der Waals surface area contributed by atoms with E-state index in [1.165, 1.54) is 0 Å². The molecule has 4 N–H and O–H groups in total. The second-order valence-corrected chi connectivity index (χ2v) is 5.68. The van der Waals surface area contributed by atoms with Crippen molar-refractivity contribution in [3.8, 4) is 0 Å². The molecule has 1 rings (SSSR count).